The van der Waals surface area contributed by atoms with E-state index < -0.39 is 15.6 Å². The van der Waals surface area contributed by atoms with Crippen molar-refractivity contribution in [2.45, 2.75) is 42.5 Å². The van der Waals surface area contributed by atoms with Crippen LogP contribution in [0.1, 0.15) is 25.8 Å². The summed E-state index contributed by atoms with van der Waals surface area (Å²) in [6.45, 7) is 6.37. The van der Waals surface area contributed by atoms with Crippen molar-refractivity contribution in [1.82, 2.24) is 4.31 Å². The number of hydrogen-bond acceptors (Lipinski definition) is 3. The molecule has 3 rings (SSSR count). The Labute approximate surface area is 154 Å². The molecule has 0 N–H and O–H groups in total. The van der Waals surface area contributed by atoms with Gasteiger partial charge in [0.25, 0.3) is 0 Å². The third kappa shape index (κ3) is 4.00. The fourth-order valence-electron chi connectivity index (χ4n) is 3.03. The fourth-order valence-corrected chi connectivity index (χ4v) is 5.90. The molecule has 0 bridgehead atoms. The van der Waals surface area contributed by atoms with E-state index in [9.17, 15) is 8.42 Å². The molecule has 0 aliphatic carbocycles. The smallest absolute Gasteiger partial charge is 0.207 e. The highest BCUT2D eigenvalue weighted by Gasteiger charge is 2.38. The van der Waals surface area contributed by atoms with Gasteiger partial charge in [-0.25, -0.2) is 8.42 Å². The summed E-state index contributed by atoms with van der Waals surface area (Å²) >= 11 is 1.72. The number of nitrogens with zero attached hydrogens (tertiary/aromatic N) is 1. The normalized spacial score (nSPS) is 18.0. The van der Waals surface area contributed by atoms with Crippen molar-refractivity contribution in [3.63, 3.8) is 0 Å². The van der Waals surface area contributed by atoms with Crippen LogP contribution in [0.25, 0.3) is 0 Å². The Kier molecular flexibility index (Phi) is 5.09. The minimum Gasteiger partial charge on any atom is -0.207 e. The van der Waals surface area contributed by atoms with Crippen molar-refractivity contribution in [3.8, 4) is 0 Å². The van der Waals surface area contributed by atoms with Crippen molar-refractivity contribution in [2.75, 3.05) is 6.54 Å². The molecule has 0 aromatic heterocycles. The molecule has 0 spiro atoms. The van der Waals surface area contributed by atoms with E-state index in [1.807, 2.05) is 51.1 Å². The zero-order valence-corrected chi connectivity index (χ0v) is 16.4. The number of hydrogen-bond donors (Lipinski definition) is 0. The van der Waals surface area contributed by atoms with E-state index in [2.05, 4.69) is 18.2 Å². The second kappa shape index (κ2) is 6.98. The van der Waals surface area contributed by atoms with E-state index in [1.54, 1.807) is 28.2 Å². The zero-order valence-electron chi connectivity index (χ0n) is 14.8. The van der Waals surface area contributed by atoms with Gasteiger partial charge in [-0.15, -0.1) is 0 Å². The lowest BCUT2D eigenvalue weighted by molar-refractivity contribution is 0.271. The van der Waals surface area contributed by atoms with Crippen molar-refractivity contribution < 1.29 is 8.42 Å². The van der Waals surface area contributed by atoms with E-state index in [0.717, 1.165) is 12.0 Å². The van der Waals surface area contributed by atoms with Gasteiger partial charge < -0.3 is 0 Å². The lowest BCUT2D eigenvalue weighted by Crippen LogP contribution is -2.49. The van der Waals surface area contributed by atoms with Gasteiger partial charge in [0.05, 0.1) is 4.90 Å². The molecular formula is C20H23NO2S2. The van der Waals surface area contributed by atoms with Gasteiger partial charge in [0.1, 0.15) is 0 Å². The molecule has 0 atom stereocenters. The molecule has 0 radical (unpaired) electrons. The average molecular weight is 374 g/mol. The van der Waals surface area contributed by atoms with E-state index in [0.29, 0.717) is 11.4 Å². The standard InChI is InChI=1S/C20H23NO2S2/c1-16-9-11-19(12-10-16)25(22,23)21-14-13-18(15-20(21,2)3)24-17-7-5-4-6-8-17/h4-12,15H,13-14H2,1-3H3. The van der Waals surface area contributed by atoms with E-state index in [-0.39, 0.29) is 0 Å². The first kappa shape index (κ1) is 18.2. The third-order valence-corrected chi connectivity index (χ3v) is 7.51. The van der Waals surface area contributed by atoms with Crippen LogP contribution in [0.3, 0.4) is 0 Å². The molecule has 0 saturated heterocycles. The van der Waals surface area contributed by atoms with Crippen molar-refractivity contribution in [1.29, 1.82) is 0 Å². The molecule has 1 aliphatic heterocycles. The van der Waals surface area contributed by atoms with Gasteiger partial charge in [0.15, 0.2) is 0 Å². The van der Waals surface area contributed by atoms with Gasteiger partial charge >= 0.3 is 0 Å². The average Bonchev–Trinajstić information content (AvgIpc) is 2.55. The summed E-state index contributed by atoms with van der Waals surface area (Å²) in [7, 11) is -3.50. The molecule has 2 aromatic rings. The molecule has 2 aromatic carbocycles. The van der Waals surface area contributed by atoms with Crippen molar-refractivity contribution >= 4 is 21.8 Å². The van der Waals surface area contributed by atoms with Gasteiger partial charge in [0.2, 0.25) is 10.0 Å². The number of aryl methyl sites for hydroxylation is 1. The topological polar surface area (TPSA) is 37.4 Å². The van der Waals surface area contributed by atoms with Crippen LogP contribution in [0, 0.1) is 6.92 Å². The van der Waals surface area contributed by atoms with Crippen molar-refractivity contribution in [2.24, 2.45) is 0 Å². The predicted molar refractivity (Wildman–Crippen MR) is 104 cm³/mol. The molecule has 132 valence electrons. The molecule has 0 amide bonds. The Morgan fingerprint density at radius 3 is 2.24 bits per heavy atom. The molecule has 5 heteroatoms. The summed E-state index contributed by atoms with van der Waals surface area (Å²) in [5.74, 6) is 0. The summed E-state index contributed by atoms with van der Waals surface area (Å²) in [4.78, 5) is 2.75. The Morgan fingerprint density at radius 1 is 1.00 bits per heavy atom. The quantitative estimate of drug-likeness (QED) is 0.769. The van der Waals surface area contributed by atoms with E-state index >= 15 is 0 Å². The summed E-state index contributed by atoms with van der Waals surface area (Å²) in [6.07, 6.45) is 2.81. The molecule has 1 aliphatic rings. The van der Waals surface area contributed by atoms with Gasteiger partial charge in [-0.05, 0) is 56.4 Å². The Morgan fingerprint density at radius 2 is 1.64 bits per heavy atom. The van der Waals surface area contributed by atoms with Crippen LogP contribution in [0.15, 0.2) is 75.4 Å². The fraction of sp³-hybridized carbons (Fsp3) is 0.300. The first-order chi connectivity index (χ1) is 11.8. The number of benzene rings is 2. The van der Waals surface area contributed by atoms with Gasteiger partial charge in [-0.2, -0.15) is 4.31 Å². The monoisotopic (exact) mass is 373 g/mol. The predicted octanol–water partition coefficient (Wildman–Crippen LogP) is 4.84. The van der Waals surface area contributed by atoms with Gasteiger partial charge in [0, 0.05) is 17.0 Å². The first-order valence-electron chi connectivity index (χ1n) is 8.33. The Balaban J connectivity index is 1.86. The summed E-state index contributed by atoms with van der Waals surface area (Å²) in [5.41, 5.74) is 0.498. The minimum absolute atomic E-state index is 0.360. The van der Waals surface area contributed by atoms with Crippen LogP contribution < -0.4 is 0 Å². The molecule has 3 nitrogen and oxygen atoms in total. The van der Waals surface area contributed by atoms with Gasteiger partial charge in [-0.3, -0.25) is 0 Å². The highest BCUT2D eigenvalue weighted by molar-refractivity contribution is 8.03. The second-order valence-corrected chi connectivity index (χ2v) is 9.88. The van der Waals surface area contributed by atoms with Crippen LogP contribution in [-0.2, 0) is 10.0 Å². The van der Waals surface area contributed by atoms with Crippen LogP contribution in [-0.4, -0.2) is 24.8 Å². The van der Waals surface area contributed by atoms with Crippen LogP contribution in [0.2, 0.25) is 0 Å². The maximum absolute atomic E-state index is 13.1. The highest BCUT2D eigenvalue weighted by atomic mass is 32.2. The summed E-state index contributed by atoms with van der Waals surface area (Å²) in [5, 5.41) is 0. The number of thioether (sulfide) groups is 1. The third-order valence-electron chi connectivity index (χ3n) is 4.32. The SMILES string of the molecule is Cc1ccc(S(=O)(=O)N2CCC(Sc3ccccc3)=CC2(C)C)cc1. The van der Waals surface area contributed by atoms with E-state index in [4.69, 9.17) is 0 Å². The maximum Gasteiger partial charge on any atom is 0.243 e. The zero-order chi connectivity index (χ0) is 18.1. The number of sulfonamides is 1. The summed E-state index contributed by atoms with van der Waals surface area (Å²) < 4.78 is 27.7. The first-order valence-corrected chi connectivity index (χ1v) is 10.6. The molecule has 1 heterocycles. The lowest BCUT2D eigenvalue weighted by Gasteiger charge is -2.39. The second-order valence-electron chi connectivity index (χ2n) is 6.82. The van der Waals surface area contributed by atoms with Crippen LogP contribution >= 0.6 is 11.8 Å². The Hall–Kier alpha value is -1.56. The minimum atomic E-state index is -3.50. The van der Waals surface area contributed by atoms with Crippen molar-refractivity contribution in [3.05, 3.63) is 71.1 Å². The molecule has 0 saturated carbocycles. The largest absolute Gasteiger partial charge is 0.243 e. The molecule has 0 fully saturated rings. The van der Waals surface area contributed by atoms with E-state index in [1.165, 1.54) is 9.80 Å². The molecule has 25 heavy (non-hydrogen) atoms. The lowest BCUT2D eigenvalue weighted by atomic mass is 10.0. The molecule has 0 unspecified atom stereocenters. The summed E-state index contributed by atoms with van der Waals surface area (Å²) in [6, 6.07) is 17.3. The Bertz CT molecular complexity index is 870. The van der Waals surface area contributed by atoms with Gasteiger partial charge in [-0.1, -0.05) is 53.7 Å². The number of rotatable bonds is 4. The highest BCUT2D eigenvalue weighted by Crippen LogP contribution is 2.38. The molecular weight excluding hydrogens is 350 g/mol. The van der Waals surface area contributed by atoms with Crippen LogP contribution in [0.4, 0.5) is 0 Å². The maximum atomic E-state index is 13.1. The van der Waals surface area contributed by atoms with Crippen LogP contribution in [0.5, 0.6) is 0 Å².